The van der Waals surface area contributed by atoms with Crippen LogP contribution in [0.4, 0.5) is 0 Å². The number of allylic oxidation sites excluding steroid dienone is 8. The molecule has 3 aliphatic rings. The standard InChI is InChI=1S/C16H10O/c17-16-13-7-2-1-6-12(13)14-8-10-4-3-5-11(10)9-15(14)16/h1-7,9H,8H2. The fraction of sp³-hybridized carbons (Fsp3) is 0.0625. The van der Waals surface area contributed by atoms with Gasteiger partial charge in [-0.25, -0.2) is 0 Å². The molecule has 80 valence electrons. The lowest BCUT2D eigenvalue weighted by Crippen LogP contribution is -2.00. The second-order valence-electron chi connectivity index (χ2n) is 4.59. The summed E-state index contributed by atoms with van der Waals surface area (Å²) in [6, 6.07) is 7.91. The minimum absolute atomic E-state index is 0.183. The zero-order valence-corrected chi connectivity index (χ0v) is 9.23. The average molecular weight is 218 g/mol. The number of carbonyl (C=O) groups is 1. The van der Waals surface area contributed by atoms with Crippen molar-refractivity contribution in [3.63, 3.8) is 0 Å². The molecule has 0 unspecified atom stereocenters. The molecule has 17 heavy (non-hydrogen) atoms. The Kier molecular flexibility index (Phi) is 1.55. The first-order valence-corrected chi connectivity index (χ1v) is 5.81. The molecule has 1 heteroatoms. The lowest BCUT2D eigenvalue weighted by Gasteiger charge is -2.14. The van der Waals surface area contributed by atoms with Crippen molar-refractivity contribution in [2.45, 2.75) is 6.42 Å². The third-order valence-corrected chi connectivity index (χ3v) is 3.68. The number of hydrogen-bond acceptors (Lipinski definition) is 1. The Labute approximate surface area is 99.5 Å². The molecule has 1 nitrogen and oxygen atoms in total. The van der Waals surface area contributed by atoms with Gasteiger partial charge in [0.25, 0.3) is 0 Å². The van der Waals surface area contributed by atoms with Crippen LogP contribution in [0.25, 0.3) is 5.57 Å². The first-order valence-electron chi connectivity index (χ1n) is 5.81. The van der Waals surface area contributed by atoms with Crippen molar-refractivity contribution < 1.29 is 4.79 Å². The zero-order valence-electron chi connectivity index (χ0n) is 9.23. The summed E-state index contributed by atoms with van der Waals surface area (Å²) in [4.78, 5) is 12.3. The van der Waals surface area contributed by atoms with Crippen LogP contribution in [-0.4, -0.2) is 5.78 Å². The van der Waals surface area contributed by atoms with Crippen molar-refractivity contribution in [2.24, 2.45) is 0 Å². The van der Waals surface area contributed by atoms with Gasteiger partial charge in [-0.05, 0) is 34.8 Å². The minimum Gasteiger partial charge on any atom is -0.289 e. The van der Waals surface area contributed by atoms with E-state index in [2.05, 4.69) is 24.3 Å². The molecule has 0 saturated heterocycles. The van der Waals surface area contributed by atoms with Crippen molar-refractivity contribution >= 4 is 11.4 Å². The van der Waals surface area contributed by atoms with Gasteiger partial charge in [-0.1, -0.05) is 42.5 Å². The first-order chi connectivity index (χ1) is 8.34. The highest BCUT2D eigenvalue weighted by molar-refractivity contribution is 6.23. The van der Waals surface area contributed by atoms with E-state index in [4.69, 9.17) is 0 Å². The maximum absolute atomic E-state index is 12.3. The van der Waals surface area contributed by atoms with Gasteiger partial charge in [0.15, 0.2) is 5.78 Å². The number of benzene rings is 1. The predicted octanol–water partition coefficient (Wildman–Crippen LogP) is 3.46. The van der Waals surface area contributed by atoms with E-state index in [1.54, 1.807) is 0 Å². The SMILES string of the molecule is O=C1C2=C(CC3=CC=CC3=C2)c2ccccc21. The van der Waals surface area contributed by atoms with Gasteiger partial charge in [0.2, 0.25) is 0 Å². The lowest BCUT2D eigenvalue weighted by molar-refractivity contribution is 0.104. The molecule has 0 aliphatic heterocycles. The fourth-order valence-electron chi connectivity index (χ4n) is 2.83. The summed E-state index contributed by atoms with van der Waals surface area (Å²) in [5.41, 5.74) is 6.60. The van der Waals surface area contributed by atoms with Gasteiger partial charge in [-0.2, -0.15) is 0 Å². The van der Waals surface area contributed by atoms with Crippen LogP contribution in [0.3, 0.4) is 0 Å². The summed E-state index contributed by atoms with van der Waals surface area (Å²) in [6.07, 6.45) is 9.20. The van der Waals surface area contributed by atoms with E-state index in [9.17, 15) is 4.79 Å². The molecule has 0 N–H and O–H groups in total. The second kappa shape index (κ2) is 2.95. The number of ketones is 1. The maximum Gasteiger partial charge on any atom is 0.193 e. The highest BCUT2D eigenvalue weighted by atomic mass is 16.1. The summed E-state index contributed by atoms with van der Waals surface area (Å²) in [7, 11) is 0. The third kappa shape index (κ3) is 1.06. The topological polar surface area (TPSA) is 17.1 Å². The molecular formula is C16H10O. The smallest absolute Gasteiger partial charge is 0.193 e. The molecule has 0 fully saturated rings. The fourth-order valence-corrected chi connectivity index (χ4v) is 2.83. The van der Waals surface area contributed by atoms with Gasteiger partial charge in [-0.15, -0.1) is 0 Å². The van der Waals surface area contributed by atoms with Crippen LogP contribution in [-0.2, 0) is 0 Å². The van der Waals surface area contributed by atoms with E-state index in [0.29, 0.717) is 0 Å². The Morgan fingerprint density at radius 2 is 1.88 bits per heavy atom. The molecule has 3 aliphatic carbocycles. The van der Waals surface area contributed by atoms with Crippen molar-refractivity contribution in [3.05, 3.63) is 76.4 Å². The van der Waals surface area contributed by atoms with Gasteiger partial charge in [-0.3, -0.25) is 4.79 Å². The average Bonchev–Trinajstić information content (AvgIpc) is 2.92. The van der Waals surface area contributed by atoms with Crippen molar-refractivity contribution in [2.75, 3.05) is 0 Å². The van der Waals surface area contributed by atoms with Gasteiger partial charge in [0, 0.05) is 11.1 Å². The zero-order chi connectivity index (χ0) is 11.4. The molecule has 0 atom stereocenters. The van der Waals surface area contributed by atoms with E-state index in [0.717, 1.165) is 23.1 Å². The molecule has 0 spiro atoms. The molecule has 0 aromatic heterocycles. The predicted molar refractivity (Wildman–Crippen MR) is 67.6 cm³/mol. The van der Waals surface area contributed by atoms with Crippen molar-refractivity contribution in [1.82, 2.24) is 0 Å². The van der Waals surface area contributed by atoms with Crippen LogP contribution in [0, 0.1) is 0 Å². The number of carbonyl (C=O) groups excluding carboxylic acids is 1. The van der Waals surface area contributed by atoms with Crippen LogP contribution in [0.5, 0.6) is 0 Å². The van der Waals surface area contributed by atoms with E-state index in [1.165, 1.54) is 16.7 Å². The molecule has 0 radical (unpaired) electrons. The van der Waals surface area contributed by atoms with Crippen molar-refractivity contribution in [1.29, 1.82) is 0 Å². The summed E-state index contributed by atoms with van der Waals surface area (Å²) in [5, 5.41) is 0. The number of hydrogen-bond donors (Lipinski definition) is 0. The molecule has 0 heterocycles. The van der Waals surface area contributed by atoms with Crippen LogP contribution < -0.4 is 0 Å². The summed E-state index contributed by atoms with van der Waals surface area (Å²) in [6.45, 7) is 0. The number of Topliss-reactive ketones (excluding diaryl/α,β-unsaturated/α-hetero) is 1. The molecule has 1 aromatic carbocycles. The van der Waals surface area contributed by atoms with Gasteiger partial charge >= 0.3 is 0 Å². The summed E-state index contributed by atoms with van der Waals surface area (Å²) < 4.78 is 0. The monoisotopic (exact) mass is 218 g/mol. The Bertz CT molecular complexity index is 681. The summed E-state index contributed by atoms with van der Waals surface area (Å²) in [5.74, 6) is 0.183. The van der Waals surface area contributed by atoms with Crippen LogP contribution in [0.2, 0.25) is 0 Å². The quantitative estimate of drug-likeness (QED) is 0.651. The maximum atomic E-state index is 12.3. The Morgan fingerprint density at radius 3 is 2.76 bits per heavy atom. The molecule has 4 rings (SSSR count). The van der Waals surface area contributed by atoms with Crippen LogP contribution >= 0.6 is 0 Å². The molecule has 1 aromatic rings. The van der Waals surface area contributed by atoms with Gasteiger partial charge in [0.1, 0.15) is 0 Å². The number of fused-ring (bicyclic) bond motifs is 3. The van der Waals surface area contributed by atoms with E-state index >= 15 is 0 Å². The second-order valence-corrected chi connectivity index (χ2v) is 4.59. The van der Waals surface area contributed by atoms with E-state index in [-0.39, 0.29) is 5.78 Å². The van der Waals surface area contributed by atoms with Gasteiger partial charge < -0.3 is 0 Å². The lowest BCUT2D eigenvalue weighted by atomic mass is 9.89. The Hall–Kier alpha value is -2.15. The molecule has 0 saturated carbocycles. The molecular weight excluding hydrogens is 208 g/mol. The highest BCUT2D eigenvalue weighted by Gasteiger charge is 2.31. The Morgan fingerprint density at radius 1 is 1.06 bits per heavy atom. The Balaban J connectivity index is 1.97. The normalized spacial score (nSPS) is 19.9. The van der Waals surface area contributed by atoms with Crippen LogP contribution in [0.15, 0.2) is 65.3 Å². The largest absolute Gasteiger partial charge is 0.289 e. The molecule has 0 bridgehead atoms. The van der Waals surface area contributed by atoms with Crippen LogP contribution in [0.1, 0.15) is 22.3 Å². The van der Waals surface area contributed by atoms with Gasteiger partial charge in [0.05, 0.1) is 0 Å². The number of rotatable bonds is 0. The highest BCUT2D eigenvalue weighted by Crippen LogP contribution is 2.43. The molecule has 0 amide bonds. The summed E-state index contributed by atoms with van der Waals surface area (Å²) >= 11 is 0. The van der Waals surface area contributed by atoms with E-state index < -0.39 is 0 Å². The van der Waals surface area contributed by atoms with E-state index in [1.807, 2.05) is 24.3 Å². The first kappa shape index (κ1) is 8.94. The third-order valence-electron chi connectivity index (χ3n) is 3.68. The van der Waals surface area contributed by atoms with Crippen molar-refractivity contribution in [3.8, 4) is 0 Å². The minimum atomic E-state index is 0.183.